The van der Waals surface area contributed by atoms with Gasteiger partial charge in [-0.05, 0) is 44.2 Å². The first-order valence-electron chi connectivity index (χ1n) is 8.86. The predicted octanol–water partition coefficient (Wildman–Crippen LogP) is 4.45. The Kier molecular flexibility index (Phi) is 4.46. The molecule has 4 aromatic rings. The smallest absolute Gasteiger partial charge is 0.260 e. The zero-order valence-corrected chi connectivity index (χ0v) is 15.2. The van der Waals surface area contributed by atoms with Crippen molar-refractivity contribution < 1.29 is 9.21 Å². The molecule has 0 N–H and O–H groups in total. The maximum absolute atomic E-state index is 13.3. The number of furan rings is 1. The quantitative estimate of drug-likeness (QED) is 0.527. The SMILES string of the molecule is CC(C)n1ncc2cc(C(=O)N(Cc3ccco3)c3ccccc3)cnc21. The van der Waals surface area contributed by atoms with E-state index in [0.717, 1.165) is 16.7 Å². The van der Waals surface area contributed by atoms with E-state index in [2.05, 4.69) is 10.1 Å². The van der Waals surface area contributed by atoms with Crippen molar-refractivity contribution in [3.05, 3.63) is 78.5 Å². The van der Waals surface area contributed by atoms with Crippen LogP contribution in [0.4, 0.5) is 5.69 Å². The molecule has 0 bridgehead atoms. The number of para-hydroxylation sites is 1. The van der Waals surface area contributed by atoms with Gasteiger partial charge in [0, 0.05) is 23.3 Å². The van der Waals surface area contributed by atoms with Gasteiger partial charge < -0.3 is 9.32 Å². The summed E-state index contributed by atoms with van der Waals surface area (Å²) in [5.74, 6) is 0.582. The van der Waals surface area contributed by atoms with E-state index in [1.54, 1.807) is 23.6 Å². The summed E-state index contributed by atoms with van der Waals surface area (Å²) in [6, 6.07) is 15.3. The van der Waals surface area contributed by atoms with Crippen LogP contribution in [0.5, 0.6) is 0 Å². The van der Waals surface area contributed by atoms with Crippen molar-refractivity contribution in [2.45, 2.75) is 26.4 Å². The van der Waals surface area contributed by atoms with E-state index in [4.69, 9.17) is 4.42 Å². The summed E-state index contributed by atoms with van der Waals surface area (Å²) in [5, 5.41) is 5.22. The highest BCUT2D eigenvalue weighted by molar-refractivity contribution is 6.07. The first-order chi connectivity index (χ1) is 13.1. The van der Waals surface area contributed by atoms with Gasteiger partial charge in [-0.1, -0.05) is 18.2 Å². The molecule has 0 aliphatic heterocycles. The number of hydrogen-bond donors (Lipinski definition) is 0. The molecular weight excluding hydrogens is 340 g/mol. The van der Waals surface area contributed by atoms with E-state index in [0.29, 0.717) is 17.9 Å². The Balaban J connectivity index is 1.71. The van der Waals surface area contributed by atoms with Gasteiger partial charge in [0.1, 0.15) is 5.76 Å². The number of amides is 1. The predicted molar refractivity (Wildman–Crippen MR) is 104 cm³/mol. The molecule has 0 unspecified atom stereocenters. The van der Waals surface area contributed by atoms with E-state index in [9.17, 15) is 4.79 Å². The van der Waals surface area contributed by atoms with Crippen molar-refractivity contribution in [2.24, 2.45) is 0 Å². The molecule has 1 amide bonds. The number of hydrogen-bond acceptors (Lipinski definition) is 4. The third-order valence-electron chi connectivity index (χ3n) is 4.38. The number of aromatic nitrogens is 3. The van der Waals surface area contributed by atoms with E-state index in [-0.39, 0.29) is 11.9 Å². The number of fused-ring (bicyclic) bond motifs is 1. The first kappa shape index (κ1) is 17.0. The van der Waals surface area contributed by atoms with Crippen LogP contribution in [0.1, 0.15) is 36.0 Å². The molecule has 0 radical (unpaired) electrons. The molecule has 27 heavy (non-hydrogen) atoms. The van der Waals surface area contributed by atoms with Crippen LogP contribution in [0.15, 0.2) is 71.6 Å². The number of carbonyl (C=O) groups is 1. The molecular formula is C21H20N4O2. The van der Waals surface area contributed by atoms with Gasteiger partial charge in [-0.25, -0.2) is 9.67 Å². The van der Waals surface area contributed by atoms with E-state index in [1.807, 2.05) is 67.1 Å². The van der Waals surface area contributed by atoms with Gasteiger partial charge in [-0.15, -0.1) is 0 Å². The minimum atomic E-state index is -0.135. The van der Waals surface area contributed by atoms with Gasteiger partial charge in [-0.3, -0.25) is 4.79 Å². The lowest BCUT2D eigenvalue weighted by Gasteiger charge is -2.22. The molecule has 3 heterocycles. The lowest BCUT2D eigenvalue weighted by Crippen LogP contribution is -2.30. The summed E-state index contributed by atoms with van der Waals surface area (Å²) in [7, 11) is 0. The number of anilines is 1. The van der Waals surface area contributed by atoms with Crippen molar-refractivity contribution in [3.8, 4) is 0 Å². The molecule has 6 heteroatoms. The molecule has 4 rings (SSSR count). The summed E-state index contributed by atoms with van der Waals surface area (Å²) in [6.45, 7) is 4.44. The number of carbonyl (C=O) groups excluding carboxylic acids is 1. The number of pyridine rings is 1. The first-order valence-corrected chi connectivity index (χ1v) is 8.86. The van der Waals surface area contributed by atoms with Gasteiger partial charge >= 0.3 is 0 Å². The Hall–Kier alpha value is -3.41. The summed E-state index contributed by atoms with van der Waals surface area (Å²) < 4.78 is 7.30. The molecule has 3 aromatic heterocycles. The Morgan fingerprint density at radius 2 is 1.96 bits per heavy atom. The Morgan fingerprint density at radius 1 is 1.15 bits per heavy atom. The highest BCUT2D eigenvalue weighted by atomic mass is 16.3. The molecule has 0 atom stereocenters. The molecule has 0 aliphatic carbocycles. The summed E-state index contributed by atoms with van der Waals surface area (Å²) >= 11 is 0. The van der Waals surface area contributed by atoms with Crippen molar-refractivity contribution in [3.63, 3.8) is 0 Å². The lowest BCUT2D eigenvalue weighted by atomic mass is 10.2. The molecule has 0 spiro atoms. The molecule has 1 aromatic carbocycles. The fraction of sp³-hybridized carbons (Fsp3) is 0.190. The molecule has 0 fully saturated rings. The van der Waals surface area contributed by atoms with Gasteiger partial charge in [-0.2, -0.15) is 5.10 Å². The minimum Gasteiger partial charge on any atom is -0.467 e. The van der Waals surface area contributed by atoms with E-state index < -0.39 is 0 Å². The van der Waals surface area contributed by atoms with Gasteiger partial charge in [0.15, 0.2) is 5.65 Å². The fourth-order valence-electron chi connectivity index (χ4n) is 3.04. The number of benzene rings is 1. The third kappa shape index (κ3) is 3.33. The average Bonchev–Trinajstić information content (AvgIpc) is 3.35. The van der Waals surface area contributed by atoms with E-state index in [1.165, 1.54) is 0 Å². The second-order valence-corrected chi connectivity index (χ2v) is 6.63. The van der Waals surface area contributed by atoms with Crippen LogP contribution in [0, 0.1) is 0 Å². The maximum Gasteiger partial charge on any atom is 0.260 e. The van der Waals surface area contributed by atoms with Gasteiger partial charge in [0.2, 0.25) is 0 Å². The highest BCUT2D eigenvalue weighted by Gasteiger charge is 2.20. The molecule has 6 nitrogen and oxygen atoms in total. The monoisotopic (exact) mass is 360 g/mol. The van der Waals surface area contributed by atoms with Crippen LogP contribution in [-0.4, -0.2) is 20.7 Å². The lowest BCUT2D eigenvalue weighted by molar-refractivity contribution is 0.0983. The molecule has 0 saturated carbocycles. The zero-order valence-electron chi connectivity index (χ0n) is 15.2. The van der Waals surface area contributed by atoms with Gasteiger partial charge in [0.05, 0.1) is 24.6 Å². The third-order valence-corrected chi connectivity index (χ3v) is 4.38. The van der Waals surface area contributed by atoms with Crippen LogP contribution in [0.2, 0.25) is 0 Å². The maximum atomic E-state index is 13.3. The fourth-order valence-corrected chi connectivity index (χ4v) is 3.04. The Morgan fingerprint density at radius 3 is 2.67 bits per heavy atom. The normalized spacial score (nSPS) is 11.2. The van der Waals surface area contributed by atoms with Crippen LogP contribution in [0.3, 0.4) is 0 Å². The second-order valence-electron chi connectivity index (χ2n) is 6.63. The van der Waals surface area contributed by atoms with Crippen LogP contribution in [0.25, 0.3) is 11.0 Å². The highest BCUT2D eigenvalue weighted by Crippen LogP contribution is 2.22. The summed E-state index contributed by atoms with van der Waals surface area (Å²) in [4.78, 5) is 19.4. The number of rotatable bonds is 5. The van der Waals surface area contributed by atoms with Crippen molar-refractivity contribution in [1.82, 2.24) is 14.8 Å². The van der Waals surface area contributed by atoms with Crippen molar-refractivity contribution in [2.75, 3.05) is 4.90 Å². The van der Waals surface area contributed by atoms with Gasteiger partial charge in [0.25, 0.3) is 5.91 Å². The largest absolute Gasteiger partial charge is 0.467 e. The Bertz CT molecular complexity index is 1050. The van der Waals surface area contributed by atoms with Crippen LogP contribution in [-0.2, 0) is 6.54 Å². The number of nitrogens with zero attached hydrogens (tertiary/aromatic N) is 4. The molecule has 0 saturated heterocycles. The zero-order chi connectivity index (χ0) is 18.8. The molecule has 136 valence electrons. The van der Waals surface area contributed by atoms with Crippen LogP contribution >= 0.6 is 0 Å². The standard InChI is InChI=1S/C21H20N4O2/c1-15(2)25-20-16(13-23-25)11-17(12-22-20)21(26)24(14-19-9-6-10-27-19)18-7-4-3-5-8-18/h3-13,15H,14H2,1-2H3. The van der Waals surface area contributed by atoms with E-state index >= 15 is 0 Å². The summed E-state index contributed by atoms with van der Waals surface area (Å²) in [6.07, 6.45) is 4.97. The second kappa shape index (κ2) is 7.07. The minimum absolute atomic E-state index is 0.135. The van der Waals surface area contributed by atoms with Crippen molar-refractivity contribution in [1.29, 1.82) is 0 Å². The molecule has 0 aliphatic rings. The topological polar surface area (TPSA) is 64.2 Å². The average molecular weight is 360 g/mol. The Labute approximate surface area is 157 Å². The summed E-state index contributed by atoms with van der Waals surface area (Å²) in [5.41, 5.74) is 2.09. The van der Waals surface area contributed by atoms with Crippen LogP contribution < -0.4 is 4.90 Å². The van der Waals surface area contributed by atoms with Crippen molar-refractivity contribution >= 4 is 22.6 Å².